The van der Waals surface area contributed by atoms with Gasteiger partial charge in [-0.05, 0) is 48.8 Å². The molecule has 2 aromatic carbocycles. The molecule has 0 saturated carbocycles. The number of pyridine rings is 1. The molecule has 1 amide bonds. The van der Waals surface area contributed by atoms with Gasteiger partial charge in [-0.2, -0.15) is 0 Å². The maximum absolute atomic E-state index is 13.0. The summed E-state index contributed by atoms with van der Waals surface area (Å²) in [4.78, 5) is 30.0. The summed E-state index contributed by atoms with van der Waals surface area (Å²) >= 11 is 0. The van der Waals surface area contributed by atoms with Gasteiger partial charge in [-0.15, -0.1) is 0 Å². The van der Waals surface area contributed by atoms with Crippen LogP contribution in [0.2, 0.25) is 0 Å². The molecular weight excluding hydrogens is 376 g/mol. The lowest BCUT2D eigenvalue weighted by Crippen LogP contribution is -2.32. The summed E-state index contributed by atoms with van der Waals surface area (Å²) < 4.78 is 5.42. The predicted octanol–water partition coefficient (Wildman–Crippen LogP) is 4.19. The zero-order chi connectivity index (χ0) is 20.9. The number of nitrogens with zero attached hydrogens (tertiary/aromatic N) is 1. The fourth-order valence-electron chi connectivity index (χ4n) is 4.03. The third-order valence-electron chi connectivity index (χ3n) is 5.68. The lowest BCUT2D eigenvalue weighted by molar-refractivity contribution is -0.124. The minimum atomic E-state index is -0.446. The van der Waals surface area contributed by atoms with Crippen molar-refractivity contribution >= 4 is 22.8 Å². The predicted molar refractivity (Wildman–Crippen MR) is 117 cm³/mol. The van der Waals surface area contributed by atoms with E-state index in [4.69, 9.17) is 9.72 Å². The number of ether oxygens (including phenoxy) is 1. The molecule has 0 saturated heterocycles. The first-order valence-electron chi connectivity index (χ1n) is 10.5. The molecule has 0 aliphatic heterocycles. The van der Waals surface area contributed by atoms with Gasteiger partial charge in [-0.3, -0.25) is 9.78 Å². The first kappa shape index (κ1) is 20.1. The largest absolute Gasteiger partial charge is 0.452 e. The van der Waals surface area contributed by atoms with Gasteiger partial charge in [0.05, 0.1) is 11.1 Å². The molecule has 1 aliphatic rings. The van der Waals surface area contributed by atoms with Crippen molar-refractivity contribution in [2.24, 2.45) is 0 Å². The number of benzene rings is 2. The summed E-state index contributed by atoms with van der Waals surface area (Å²) in [5, 5.41) is 3.65. The third-order valence-corrected chi connectivity index (χ3v) is 5.68. The summed E-state index contributed by atoms with van der Waals surface area (Å²) in [6.07, 6.45) is 3.80. The van der Waals surface area contributed by atoms with E-state index in [2.05, 4.69) is 12.2 Å². The Morgan fingerprint density at radius 3 is 2.60 bits per heavy atom. The molecule has 4 rings (SSSR count). The summed E-state index contributed by atoms with van der Waals surface area (Å²) in [5.41, 5.74) is 4.48. The molecule has 154 valence electrons. The topological polar surface area (TPSA) is 68.3 Å². The molecule has 5 heteroatoms. The smallest absolute Gasteiger partial charge is 0.339 e. The van der Waals surface area contributed by atoms with E-state index in [0.717, 1.165) is 53.4 Å². The number of esters is 1. The van der Waals surface area contributed by atoms with Gasteiger partial charge in [0.25, 0.3) is 5.91 Å². The quantitative estimate of drug-likeness (QED) is 0.628. The fraction of sp³-hybridized carbons (Fsp3) is 0.320. The Kier molecular flexibility index (Phi) is 6.07. The molecule has 1 N–H and O–H groups in total. The number of para-hydroxylation sites is 1. The zero-order valence-corrected chi connectivity index (χ0v) is 17.2. The molecule has 1 atom stereocenters. The number of nitrogens with one attached hydrogen (secondary N) is 1. The number of carbonyl (C=O) groups is 2. The minimum Gasteiger partial charge on any atom is -0.452 e. The van der Waals surface area contributed by atoms with Crippen LogP contribution in [0.3, 0.4) is 0 Å². The van der Waals surface area contributed by atoms with Crippen LogP contribution in [0.25, 0.3) is 10.9 Å². The monoisotopic (exact) mass is 402 g/mol. The first-order chi connectivity index (χ1) is 14.6. The summed E-state index contributed by atoms with van der Waals surface area (Å²) in [6.45, 7) is 2.26. The van der Waals surface area contributed by atoms with E-state index in [1.54, 1.807) is 0 Å². The number of hydrogen-bond donors (Lipinski definition) is 1. The number of fused-ring (bicyclic) bond motifs is 2. The summed E-state index contributed by atoms with van der Waals surface area (Å²) in [5.74, 6) is -0.557. The van der Waals surface area contributed by atoms with Gasteiger partial charge >= 0.3 is 5.97 Å². The molecule has 1 aliphatic carbocycles. The van der Waals surface area contributed by atoms with Gasteiger partial charge < -0.3 is 10.1 Å². The first-order valence-corrected chi connectivity index (χ1v) is 10.5. The second-order valence-corrected chi connectivity index (χ2v) is 7.83. The Morgan fingerprint density at radius 2 is 1.77 bits per heavy atom. The molecule has 5 nitrogen and oxygen atoms in total. The van der Waals surface area contributed by atoms with Crippen LogP contribution >= 0.6 is 0 Å². The average molecular weight is 402 g/mol. The standard InChI is InChI=1S/C25H26N2O3/c1-17(18-9-3-2-4-10-18)15-26-23(28)16-30-25(29)24-19-11-5-7-13-21(19)27-22-14-8-6-12-20(22)24/h2-5,7,9-11,13,17H,6,8,12,14-16H2,1H3,(H,26,28). The normalized spacial score (nSPS) is 14.0. The Labute approximate surface area is 176 Å². The molecule has 1 heterocycles. The number of amides is 1. The van der Waals surface area contributed by atoms with Crippen molar-refractivity contribution < 1.29 is 14.3 Å². The molecule has 0 radical (unpaired) electrons. The molecule has 0 fully saturated rings. The zero-order valence-electron chi connectivity index (χ0n) is 17.2. The number of rotatable bonds is 6. The summed E-state index contributed by atoms with van der Waals surface area (Å²) in [7, 11) is 0. The van der Waals surface area contributed by atoms with E-state index in [0.29, 0.717) is 12.1 Å². The maximum Gasteiger partial charge on any atom is 0.339 e. The second kappa shape index (κ2) is 9.08. The second-order valence-electron chi connectivity index (χ2n) is 7.83. The van der Waals surface area contributed by atoms with Crippen LogP contribution in [0.4, 0.5) is 0 Å². The number of aryl methyl sites for hydroxylation is 1. The van der Waals surface area contributed by atoms with E-state index in [1.807, 2.05) is 54.6 Å². The Bertz CT molecular complexity index is 1060. The van der Waals surface area contributed by atoms with Crippen LogP contribution in [0.5, 0.6) is 0 Å². The highest BCUT2D eigenvalue weighted by Crippen LogP contribution is 2.29. The molecule has 1 unspecified atom stereocenters. The van der Waals surface area contributed by atoms with Gasteiger partial charge in [-0.1, -0.05) is 55.5 Å². The third kappa shape index (κ3) is 4.35. The Morgan fingerprint density at radius 1 is 1.03 bits per heavy atom. The van der Waals surface area contributed by atoms with Crippen molar-refractivity contribution in [3.63, 3.8) is 0 Å². The van der Waals surface area contributed by atoms with Crippen molar-refractivity contribution in [1.82, 2.24) is 10.3 Å². The van der Waals surface area contributed by atoms with Crippen LogP contribution in [-0.4, -0.2) is 30.0 Å². The van der Waals surface area contributed by atoms with Gasteiger partial charge in [0.1, 0.15) is 0 Å². The van der Waals surface area contributed by atoms with Crippen LogP contribution in [0.1, 0.15) is 52.9 Å². The molecule has 0 spiro atoms. The highest BCUT2D eigenvalue weighted by atomic mass is 16.5. The van der Waals surface area contributed by atoms with Crippen LogP contribution in [-0.2, 0) is 22.4 Å². The van der Waals surface area contributed by atoms with Crippen molar-refractivity contribution in [2.45, 2.75) is 38.5 Å². The molecule has 30 heavy (non-hydrogen) atoms. The lowest BCUT2D eigenvalue weighted by Gasteiger charge is -2.20. The van der Waals surface area contributed by atoms with Gasteiger partial charge in [0, 0.05) is 17.6 Å². The molecular formula is C25H26N2O3. The van der Waals surface area contributed by atoms with E-state index in [1.165, 1.54) is 0 Å². The van der Waals surface area contributed by atoms with E-state index in [9.17, 15) is 9.59 Å². The highest BCUT2D eigenvalue weighted by molar-refractivity contribution is 6.05. The number of hydrogen-bond acceptors (Lipinski definition) is 4. The van der Waals surface area contributed by atoms with E-state index < -0.39 is 5.97 Å². The van der Waals surface area contributed by atoms with Gasteiger partial charge in [-0.25, -0.2) is 4.79 Å². The SMILES string of the molecule is CC(CNC(=O)COC(=O)c1c2c(nc3ccccc13)CCCC2)c1ccccc1. The fourth-order valence-corrected chi connectivity index (χ4v) is 4.03. The Balaban J connectivity index is 1.43. The molecule has 3 aromatic rings. The van der Waals surface area contributed by atoms with E-state index in [-0.39, 0.29) is 18.4 Å². The van der Waals surface area contributed by atoms with Crippen molar-refractivity contribution in [3.05, 3.63) is 77.0 Å². The molecule has 1 aromatic heterocycles. The maximum atomic E-state index is 13.0. The summed E-state index contributed by atoms with van der Waals surface area (Å²) in [6, 6.07) is 17.6. The van der Waals surface area contributed by atoms with Gasteiger partial charge in [0.15, 0.2) is 6.61 Å². The highest BCUT2D eigenvalue weighted by Gasteiger charge is 2.24. The Hall–Kier alpha value is -3.21. The number of carbonyl (C=O) groups excluding carboxylic acids is 2. The average Bonchev–Trinajstić information content (AvgIpc) is 2.79. The van der Waals surface area contributed by atoms with Crippen LogP contribution in [0, 0.1) is 0 Å². The van der Waals surface area contributed by atoms with Crippen molar-refractivity contribution in [3.8, 4) is 0 Å². The minimum absolute atomic E-state index is 0.182. The van der Waals surface area contributed by atoms with E-state index >= 15 is 0 Å². The lowest BCUT2D eigenvalue weighted by atomic mass is 9.90. The van der Waals surface area contributed by atoms with Gasteiger partial charge in [0.2, 0.25) is 0 Å². The van der Waals surface area contributed by atoms with Crippen molar-refractivity contribution in [1.29, 1.82) is 0 Å². The van der Waals surface area contributed by atoms with Crippen LogP contribution < -0.4 is 5.32 Å². The molecule has 0 bridgehead atoms. The van der Waals surface area contributed by atoms with Crippen molar-refractivity contribution in [2.75, 3.05) is 13.2 Å². The number of aromatic nitrogens is 1. The van der Waals surface area contributed by atoms with Crippen LogP contribution in [0.15, 0.2) is 54.6 Å².